The predicted molar refractivity (Wildman–Crippen MR) is 72.3 cm³/mol. The minimum absolute atomic E-state index is 0.194. The highest BCUT2D eigenvalue weighted by Gasteiger charge is 2.32. The van der Waals surface area contributed by atoms with Gasteiger partial charge in [-0.3, -0.25) is 0 Å². The van der Waals surface area contributed by atoms with Crippen molar-refractivity contribution in [3.05, 3.63) is 29.4 Å². The van der Waals surface area contributed by atoms with Crippen LogP contribution in [0, 0.1) is 0 Å². The lowest BCUT2D eigenvalue weighted by Crippen LogP contribution is -2.27. The number of hydrogen-bond donors (Lipinski definition) is 1. The van der Waals surface area contributed by atoms with Crippen molar-refractivity contribution in [2.45, 2.75) is 25.4 Å². The number of furan rings is 1. The predicted octanol–water partition coefficient (Wildman–Crippen LogP) is 2.33. The van der Waals surface area contributed by atoms with E-state index in [4.69, 9.17) is 16.0 Å². The second-order valence-electron chi connectivity index (χ2n) is 4.42. The molecule has 1 saturated carbocycles. The Morgan fingerprint density at radius 1 is 1.42 bits per heavy atom. The van der Waals surface area contributed by atoms with E-state index in [0.29, 0.717) is 24.5 Å². The summed E-state index contributed by atoms with van der Waals surface area (Å²) in [6.45, 7) is 0.640. The van der Waals surface area contributed by atoms with Crippen molar-refractivity contribution < 1.29 is 4.42 Å². The Labute approximate surface area is 115 Å². The van der Waals surface area contributed by atoms with E-state index < -0.39 is 0 Å². The summed E-state index contributed by atoms with van der Waals surface area (Å²) in [5.74, 6) is 1.94. The molecule has 1 aliphatic carbocycles. The van der Waals surface area contributed by atoms with Gasteiger partial charge >= 0.3 is 0 Å². The average Bonchev–Trinajstić information content (AvgIpc) is 3.12. The number of aromatic nitrogens is 3. The minimum atomic E-state index is 0.194. The average molecular weight is 280 g/mol. The first kappa shape index (κ1) is 12.2. The van der Waals surface area contributed by atoms with Gasteiger partial charge in [0.05, 0.1) is 12.8 Å². The summed E-state index contributed by atoms with van der Waals surface area (Å²) in [5, 5.41) is 3.08. The van der Waals surface area contributed by atoms with Crippen LogP contribution in [0.25, 0.3) is 0 Å². The number of halogens is 1. The van der Waals surface area contributed by atoms with Crippen molar-refractivity contribution in [2.75, 3.05) is 17.3 Å². The van der Waals surface area contributed by atoms with E-state index in [1.54, 1.807) is 13.3 Å². The van der Waals surface area contributed by atoms with E-state index in [0.717, 1.165) is 18.6 Å². The molecule has 0 spiro atoms. The Balaban J connectivity index is 1.89. The molecule has 0 radical (unpaired) electrons. The molecule has 7 heteroatoms. The Kier molecular flexibility index (Phi) is 3.25. The summed E-state index contributed by atoms with van der Waals surface area (Å²) in [6, 6.07) is 4.27. The fraction of sp³-hybridized carbons (Fsp3) is 0.417. The highest BCUT2D eigenvalue weighted by atomic mass is 35.5. The largest absolute Gasteiger partial charge is 0.467 e. The first-order valence-corrected chi connectivity index (χ1v) is 6.52. The van der Waals surface area contributed by atoms with Crippen LogP contribution in [0.1, 0.15) is 18.6 Å². The molecule has 0 aromatic carbocycles. The fourth-order valence-corrected chi connectivity index (χ4v) is 2.06. The lowest BCUT2D eigenvalue weighted by Gasteiger charge is -2.21. The van der Waals surface area contributed by atoms with Crippen molar-refractivity contribution in [3.63, 3.8) is 0 Å². The van der Waals surface area contributed by atoms with Gasteiger partial charge in [0.15, 0.2) is 0 Å². The minimum Gasteiger partial charge on any atom is -0.467 e. The second-order valence-corrected chi connectivity index (χ2v) is 4.75. The number of hydrogen-bond acceptors (Lipinski definition) is 6. The maximum absolute atomic E-state index is 5.93. The number of nitrogens with zero attached hydrogens (tertiary/aromatic N) is 4. The fourth-order valence-electron chi connectivity index (χ4n) is 1.90. The Bertz CT molecular complexity index is 555. The summed E-state index contributed by atoms with van der Waals surface area (Å²) in [4.78, 5) is 14.7. The summed E-state index contributed by atoms with van der Waals surface area (Å²) >= 11 is 5.93. The van der Waals surface area contributed by atoms with Crippen LogP contribution >= 0.6 is 11.6 Å². The SMILES string of the molecule is CNc1nc(Cl)nc(N(Cc2ccco2)C2CC2)n1. The van der Waals surface area contributed by atoms with Crippen LogP contribution in [0.3, 0.4) is 0 Å². The molecule has 0 bridgehead atoms. The molecule has 2 heterocycles. The van der Waals surface area contributed by atoms with Crippen molar-refractivity contribution >= 4 is 23.5 Å². The smallest absolute Gasteiger partial charge is 0.232 e. The lowest BCUT2D eigenvalue weighted by atomic mass is 10.4. The van der Waals surface area contributed by atoms with Crippen LogP contribution in [0.5, 0.6) is 0 Å². The molecular weight excluding hydrogens is 266 g/mol. The maximum Gasteiger partial charge on any atom is 0.232 e. The quantitative estimate of drug-likeness (QED) is 0.906. The summed E-state index contributed by atoms with van der Waals surface area (Å²) < 4.78 is 5.39. The van der Waals surface area contributed by atoms with Gasteiger partial charge in [-0.05, 0) is 36.6 Å². The van der Waals surface area contributed by atoms with Gasteiger partial charge in [-0.25, -0.2) is 0 Å². The highest BCUT2D eigenvalue weighted by Crippen LogP contribution is 2.31. The lowest BCUT2D eigenvalue weighted by molar-refractivity contribution is 0.499. The summed E-state index contributed by atoms with van der Waals surface area (Å²) in [5.41, 5.74) is 0. The van der Waals surface area contributed by atoms with Crippen molar-refractivity contribution in [3.8, 4) is 0 Å². The van der Waals surface area contributed by atoms with Crippen LogP contribution in [0.4, 0.5) is 11.9 Å². The molecule has 0 atom stereocenters. The molecule has 19 heavy (non-hydrogen) atoms. The molecule has 100 valence electrons. The highest BCUT2D eigenvalue weighted by molar-refractivity contribution is 6.28. The van der Waals surface area contributed by atoms with Gasteiger partial charge in [0.25, 0.3) is 0 Å². The molecule has 0 amide bonds. The number of rotatable bonds is 5. The molecule has 2 aromatic heterocycles. The zero-order chi connectivity index (χ0) is 13.2. The molecule has 6 nitrogen and oxygen atoms in total. The molecule has 2 aromatic rings. The Morgan fingerprint density at radius 3 is 2.89 bits per heavy atom. The van der Waals surface area contributed by atoms with Gasteiger partial charge < -0.3 is 14.6 Å². The first-order valence-electron chi connectivity index (χ1n) is 6.14. The van der Waals surface area contributed by atoms with Crippen LogP contribution < -0.4 is 10.2 Å². The van der Waals surface area contributed by atoms with E-state index in [1.165, 1.54) is 0 Å². The van der Waals surface area contributed by atoms with Crippen LogP contribution in [-0.2, 0) is 6.54 Å². The molecule has 1 fully saturated rings. The zero-order valence-corrected chi connectivity index (χ0v) is 11.3. The normalized spacial score (nSPS) is 14.4. The van der Waals surface area contributed by atoms with Gasteiger partial charge in [0.2, 0.25) is 17.2 Å². The number of anilines is 2. The standard InChI is InChI=1S/C12H14ClN5O/c1-14-11-15-10(13)16-12(17-11)18(8-4-5-8)7-9-3-2-6-19-9/h2-3,6,8H,4-5,7H2,1H3,(H,14,15,16,17). The third kappa shape index (κ3) is 2.78. The maximum atomic E-state index is 5.93. The Morgan fingerprint density at radius 2 is 2.26 bits per heavy atom. The third-order valence-electron chi connectivity index (χ3n) is 2.97. The van der Waals surface area contributed by atoms with E-state index in [-0.39, 0.29) is 5.28 Å². The van der Waals surface area contributed by atoms with Gasteiger partial charge in [-0.1, -0.05) is 0 Å². The summed E-state index contributed by atoms with van der Waals surface area (Å²) in [7, 11) is 1.75. The molecule has 3 rings (SSSR count). The van der Waals surface area contributed by atoms with Crippen LogP contribution in [-0.4, -0.2) is 28.0 Å². The topological polar surface area (TPSA) is 67.1 Å². The van der Waals surface area contributed by atoms with Crippen molar-refractivity contribution in [1.82, 2.24) is 15.0 Å². The zero-order valence-electron chi connectivity index (χ0n) is 10.5. The number of nitrogens with one attached hydrogen (secondary N) is 1. The van der Waals surface area contributed by atoms with Crippen LogP contribution in [0.2, 0.25) is 5.28 Å². The van der Waals surface area contributed by atoms with Crippen molar-refractivity contribution in [2.24, 2.45) is 0 Å². The van der Waals surface area contributed by atoms with Crippen molar-refractivity contribution in [1.29, 1.82) is 0 Å². The molecular formula is C12H14ClN5O. The van der Waals surface area contributed by atoms with Crippen LogP contribution in [0.15, 0.2) is 22.8 Å². The van der Waals surface area contributed by atoms with E-state index in [2.05, 4.69) is 25.2 Å². The first-order chi connectivity index (χ1) is 9.26. The third-order valence-corrected chi connectivity index (χ3v) is 3.14. The van der Waals surface area contributed by atoms with Gasteiger partial charge in [0.1, 0.15) is 5.76 Å². The molecule has 1 aliphatic rings. The summed E-state index contributed by atoms with van der Waals surface area (Å²) in [6.07, 6.45) is 3.94. The van der Waals surface area contributed by atoms with Gasteiger partial charge in [-0.2, -0.15) is 15.0 Å². The van der Waals surface area contributed by atoms with Gasteiger partial charge in [0, 0.05) is 13.1 Å². The molecule has 1 N–H and O–H groups in total. The second kappa shape index (κ2) is 5.05. The molecule has 0 aliphatic heterocycles. The van der Waals surface area contributed by atoms with E-state index >= 15 is 0 Å². The molecule has 0 saturated heterocycles. The molecule has 0 unspecified atom stereocenters. The Hall–Kier alpha value is -1.82. The van der Waals surface area contributed by atoms with Gasteiger partial charge in [-0.15, -0.1) is 0 Å². The monoisotopic (exact) mass is 279 g/mol. The van der Waals surface area contributed by atoms with E-state index in [9.17, 15) is 0 Å². The van der Waals surface area contributed by atoms with E-state index in [1.807, 2.05) is 12.1 Å².